The van der Waals surface area contributed by atoms with E-state index in [1.807, 2.05) is 42.5 Å². The molecule has 0 radical (unpaired) electrons. The largest absolute Gasteiger partial charge is 0.340 e. The molecule has 0 unspecified atom stereocenters. The van der Waals surface area contributed by atoms with Gasteiger partial charge in [-0.3, -0.25) is 4.79 Å². The highest BCUT2D eigenvalue weighted by atomic mass is 35.5. The van der Waals surface area contributed by atoms with E-state index in [0.717, 1.165) is 16.6 Å². The van der Waals surface area contributed by atoms with Crippen LogP contribution in [0, 0.1) is 0 Å². The van der Waals surface area contributed by atoms with Gasteiger partial charge in [-0.2, -0.15) is 0 Å². The lowest BCUT2D eigenvalue weighted by Crippen LogP contribution is -2.01. The third kappa shape index (κ3) is 2.73. The average Bonchev–Trinajstić information content (AvgIpc) is 2.47. The molecule has 0 aliphatic carbocycles. The van der Waals surface area contributed by atoms with Crippen LogP contribution in [0.4, 0.5) is 11.5 Å². The Hall–Kier alpha value is -2.39. The first-order chi connectivity index (χ1) is 10.1. The normalized spacial score (nSPS) is 10.6. The number of halogens is 1. The van der Waals surface area contributed by atoms with Crippen LogP contribution in [0.15, 0.2) is 54.6 Å². The van der Waals surface area contributed by atoms with E-state index in [2.05, 4.69) is 10.3 Å². The van der Waals surface area contributed by atoms with E-state index in [-0.39, 0.29) is 5.78 Å². The molecule has 0 aliphatic rings. The molecule has 0 bridgehead atoms. The maximum Gasteiger partial charge on any atom is 0.161 e. The van der Waals surface area contributed by atoms with Crippen LogP contribution in [0.2, 0.25) is 5.02 Å². The van der Waals surface area contributed by atoms with Crippen molar-refractivity contribution in [2.45, 2.75) is 6.92 Å². The molecule has 3 aromatic rings. The topological polar surface area (TPSA) is 42.0 Å². The fourth-order valence-corrected chi connectivity index (χ4v) is 2.50. The highest BCUT2D eigenvalue weighted by Gasteiger charge is 2.08. The van der Waals surface area contributed by atoms with Gasteiger partial charge in [0.15, 0.2) is 5.78 Å². The lowest BCUT2D eigenvalue weighted by atomic mass is 10.1. The second-order valence-corrected chi connectivity index (χ2v) is 5.14. The standard InChI is InChI=1S/C17H13ClN2O/c1-11(21)12-6-2-4-8-15(12)19-17-10-14(18)13-7-3-5-9-16(13)20-17/h2-10H,1H3,(H,19,20). The first-order valence-corrected chi connectivity index (χ1v) is 6.95. The van der Waals surface area contributed by atoms with Crippen molar-refractivity contribution in [3.63, 3.8) is 0 Å². The summed E-state index contributed by atoms with van der Waals surface area (Å²) in [5.41, 5.74) is 2.17. The van der Waals surface area contributed by atoms with E-state index in [4.69, 9.17) is 11.6 Å². The molecule has 1 aromatic heterocycles. The molecule has 0 aliphatic heterocycles. The smallest absolute Gasteiger partial charge is 0.161 e. The van der Waals surface area contributed by atoms with Gasteiger partial charge < -0.3 is 5.32 Å². The third-order valence-electron chi connectivity index (χ3n) is 3.23. The van der Waals surface area contributed by atoms with Crippen molar-refractivity contribution < 1.29 is 4.79 Å². The molecule has 4 heteroatoms. The van der Waals surface area contributed by atoms with Crippen molar-refractivity contribution in [3.05, 3.63) is 65.2 Å². The number of para-hydroxylation sites is 2. The molecule has 3 rings (SSSR count). The van der Waals surface area contributed by atoms with E-state index in [9.17, 15) is 4.79 Å². The molecular weight excluding hydrogens is 284 g/mol. The summed E-state index contributed by atoms with van der Waals surface area (Å²) in [7, 11) is 0. The summed E-state index contributed by atoms with van der Waals surface area (Å²) in [6.45, 7) is 1.54. The number of benzene rings is 2. The predicted molar refractivity (Wildman–Crippen MR) is 86.5 cm³/mol. The Morgan fingerprint density at radius 1 is 1.10 bits per heavy atom. The SMILES string of the molecule is CC(=O)c1ccccc1Nc1cc(Cl)c2ccccc2n1. The molecular formula is C17H13ClN2O. The quantitative estimate of drug-likeness (QED) is 0.704. The molecule has 1 N–H and O–H groups in total. The van der Waals surface area contributed by atoms with Crippen LogP contribution in [0.25, 0.3) is 10.9 Å². The Balaban J connectivity index is 2.05. The fourth-order valence-electron chi connectivity index (χ4n) is 2.23. The molecule has 0 atom stereocenters. The number of carbonyl (C=O) groups is 1. The van der Waals surface area contributed by atoms with Gasteiger partial charge in [0.2, 0.25) is 0 Å². The van der Waals surface area contributed by atoms with Gasteiger partial charge in [-0.25, -0.2) is 4.98 Å². The molecule has 0 amide bonds. The van der Waals surface area contributed by atoms with Gasteiger partial charge in [0.05, 0.1) is 16.2 Å². The number of Topliss-reactive ketones (excluding diaryl/α,β-unsaturated/α-hetero) is 1. The van der Waals surface area contributed by atoms with E-state index in [0.29, 0.717) is 16.4 Å². The lowest BCUT2D eigenvalue weighted by molar-refractivity contribution is 0.101. The van der Waals surface area contributed by atoms with Crippen LogP contribution in [0.1, 0.15) is 17.3 Å². The molecule has 0 saturated carbocycles. The van der Waals surface area contributed by atoms with E-state index in [1.165, 1.54) is 0 Å². The zero-order chi connectivity index (χ0) is 14.8. The minimum absolute atomic E-state index is 0.00462. The second kappa shape index (κ2) is 5.54. The number of rotatable bonds is 3. The first kappa shape index (κ1) is 13.6. The van der Waals surface area contributed by atoms with Crippen molar-refractivity contribution in [1.82, 2.24) is 4.98 Å². The minimum Gasteiger partial charge on any atom is -0.340 e. The van der Waals surface area contributed by atoms with E-state index >= 15 is 0 Å². The molecule has 0 spiro atoms. The zero-order valence-electron chi connectivity index (χ0n) is 11.4. The Morgan fingerprint density at radius 2 is 1.81 bits per heavy atom. The molecule has 104 valence electrons. The van der Waals surface area contributed by atoms with Crippen LogP contribution in [-0.4, -0.2) is 10.8 Å². The Morgan fingerprint density at radius 3 is 2.62 bits per heavy atom. The van der Waals surface area contributed by atoms with Crippen molar-refractivity contribution in [2.24, 2.45) is 0 Å². The molecule has 0 saturated heterocycles. The van der Waals surface area contributed by atoms with Gasteiger partial charge in [0.1, 0.15) is 5.82 Å². The number of aromatic nitrogens is 1. The van der Waals surface area contributed by atoms with E-state index < -0.39 is 0 Å². The van der Waals surface area contributed by atoms with Gasteiger partial charge in [-0.05, 0) is 25.1 Å². The number of hydrogen-bond donors (Lipinski definition) is 1. The Kier molecular flexibility index (Phi) is 3.59. The maximum absolute atomic E-state index is 11.6. The fraction of sp³-hybridized carbons (Fsp3) is 0.0588. The number of pyridine rings is 1. The van der Waals surface area contributed by atoms with E-state index in [1.54, 1.807) is 19.1 Å². The molecule has 1 heterocycles. The monoisotopic (exact) mass is 296 g/mol. The van der Waals surface area contributed by atoms with Crippen LogP contribution in [-0.2, 0) is 0 Å². The summed E-state index contributed by atoms with van der Waals surface area (Å²) in [4.78, 5) is 16.2. The summed E-state index contributed by atoms with van der Waals surface area (Å²) in [6.07, 6.45) is 0. The predicted octanol–water partition coefficient (Wildman–Crippen LogP) is 4.83. The molecule has 3 nitrogen and oxygen atoms in total. The Bertz CT molecular complexity index is 830. The first-order valence-electron chi connectivity index (χ1n) is 6.57. The zero-order valence-corrected chi connectivity index (χ0v) is 12.2. The summed E-state index contributed by atoms with van der Waals surface area (Å²) < 4.78 is 0. The van der Waals surface area contributed by atoms with Crippen LogP contribution >= 0.6 is 11.6 Å². The van der Waals surface area contributed by atoms with Crippen LogP contribution in [0.3, 0.4) is 0 Å². The van der Waals surface area contributed by atoms with Crippen molar-refractivity contribution >= 4 is 39.8 Å². The number of nitrogens with one attached hydrogen (secondary N) is 1. The van der Waals surface area contributed by atoms with Crippen LogP contribution < -0.4 is 5.32 Å². The van der Waals surface area contributed by atoms with Gasteiger partial charge in [0.25, 0.3) is 0 Å². The van der Waals surface area contributed by atoms with Gasteiger partial charge >= 0.3 is 0 Å². The number of nitrogens with zero attached hydrogens (tertiary/aromatic N) is 1. The average molecular weight is 297 g/mol. The Labute approximate surface area is 127 Å². The number of fused-ring (bicyclic) bond motifs is 1. The minimum atomic E-state index is 0.00462. The number of hydrogen-bond acceptors (Lipinski definition) is 3. The third-order valence-corrected chi connectivity index (χ3v) is 3.55. The number of carbonyl (C=O) groups excluding carboxylic acids is 1. The van der Waals surface area contributed by atoms with Gasteiger partial charge in [-0.15, -0.1) is 0 Å². The summed E-state index contributed by atoms with van der Waals surface area (Å²) in [5, 5.41) is 4.71. The molecule has 2 aromatic carbocycles. The van der Waals surface area contributed by atoms with Crippen molar-refractivity contribution in [3.8, 4) is 0 Å². The van der Waals surface area contributed by atoms with Gasteiger partial charge in [0, 0.05) is 17.0 Å². The summed E-state index contributed by atoms with van der Waals surface area (Å²) in [6, 6.07) is 16.8. The summed E-state index contributed by atoms with van der Waals surface area (Å²) >= 11 is 6.28. The van der Waals surface area contributed by atoms with Crippen molar-refractivity contribution in [2.75, 3.05) is 5.32 Å². The van der Waals surface area contributed by atoms with Gasteiger partial charge in [-0.1, -0.05) is 41.9 Å². The molecule has 0 fully saturated rings. The lowest BCUT2D eigenvalue weighted by Gasteiger charge is -2.11. The van der Waals surface area contributed by atoms with Crippen LogP contribution in [0.5, 0.6) is 0 Å². The number of anilines is 2. The summed E-state index contributed by atoms with van der Waals surface area (Å²) in [5.74, 6) is 0.623. The number of ketones is 1. The highest BCUT2D eigenvalue weighted by Crippen LogP contribution is 2.27. The second-order valence-electron chi connectivity index (χ2n) is 4.73. The highest BCUT2D eigenvalue weighted by molar-refractivity contribution is 6.35. The maximum atomic E-state index is 11.6. The molecule has 21 heavy (non-hydrogen) atoms. The van der Waals surface area contributed by atoms with Crippen molar-refractivity contribution in [1.29, 1.82) is 0 Å².